The monoisotopic (exact) mass is 200 g/mol. The van der Waals surface area contributed by atoms with Gasteiger partial charge in [0, 0.05) is 11.6 Å². The fourth-order valence-electron chi connectivity index (χ4n) is 1.37. The van der Waals surface area contributed by atoms with Gasteiger partial charge in [-0.1, -0.05) is 30.3 Å². The Morgan fingerprint density at radius 2 is 1.73 bits per heavy atom. The molecule has 2 rings (SSSR count). The van der Waals surface area contributed by atoms with Crippen LogP contribution in [-0.2, 0) is 0 Å². The molecule has 0 aliphatic heterocycles. The van der Waals surface area contributed by atoms with Gasteiger partial charge < -0.3 is 4.98 Å². The summed E-state index contributed by atoms with van der Waals surface area (Å²) in [5, 5.41) is 2.87. The fraction of sp³-hybridized carbons (Fsp3) is 0. The van der Waals surface area contributed by atoms with Crippen LogP contribution >= 0.6 is 0 Å². The molecule has 0 spiro atoms. The lowest BCUT2D eigenvalue weighted by molar-refractivity contribution is 1.23. The van der Waals surface area contributed by atoms with Crippen LogP contribution in [0.1, 0.15) is 0 Å². The first-order valence-electron chi connectivity index (χ1n) is 4.43. The largest absolute Gasteiger partial charge is 0.320 e. The second-order valence-electron chi connectivity index (χ2n) is 3.04. The molecule has 2 aromatic rings. The molecule has 0 saturated carbocycles. The minimum absolute atomic E-state index is 0.237. The fourth-order valence-corrected chi connectivity index (χ4v) is 1.37. The average molecular weight is 200 g/mol. The van der Waals surface area contributed by atoms with E-state index < -0.39 is 0 Å². The molecule has 1 heterocycles. The molecule has 0 saturated heterocycles. The minimum atomic E-state index is -0.249. The van der Waals surface area contributed by atoms with Crippen molar-refractivity contribution in [1.29, 1.82) is 0 Å². The molecular formula is C11H8N2O2. The van der Waals surface area contributed by atoms with Gasteiger partial charge in [-0.3, -0.25) is 4.79 Å². The first-order chi connectivity index (χ1) is 7.31. The van der Waals surface area contributed by atoms with Crippen LogP contribution in [0.25, 0.3) is 11.3 Å². The van der Waals surface area contributed by atoms with Crippen LogP contribution in [-0.4, -0.2) is 4.98 Å². The van der Waals surface area contributed by atoms with Crippen molar-refractivity contribution < 1.29 is 0 Å². The zero-order valence-electron chi connectivity index (χ0n) is 7.81. The highest BCUT2D eigenvalue weighted by Crippen LogP contribution is 2.25. The predicted molar refractivity (Wildman–Crippen MR) is 58.0 cm³/mol. The lowest BCUT2D eigenvalue weighted by Gasteiger charge is -2.02. The van der Waals surface area contributed by atoms with Gasteiger partial charge in [-0.15, -0.1) is 4.91 Å². The van der Waals surface area contributed by atoms with Gasteiger partial charge in [-0.25, -0.2) is 0 Å². The maximum atomic E-state index is 11.1. The van der Waals surface area contributed by atoms with Crippen molar-refractivity contribution in [3.63, 3.8) is 0 Å². The molecule has 4 heteroatoms. The Morgan fingerprint density at radius 1 is 1.00 bits per heavy atom. The van der Waals surface area contributed by atoms with E-state index in [0.717, 1.165) is 5.56 Å². The third-order valence-corrected chi connectivity index (χ3v) is 2.06. The predicted octanol–water partition coefficient (Wildman–Crippen LogP) is 2.44. The Labute approximate surface area is 85.6 Å². The number of nitrogens with zero attached hydrogens (tertiary/aromatic N) is 1. The Morgan fingerprint density at radius 3 is 2.40 bits per heavy atom. The molecule has 0 bridgehead atoms. The molecule has 0 unspecified atom stereocenters. The van der Waals surface area contributed by atoms with Crippen molar-refractivity contribution in [3.8, 4) is 11.3 Å². The van der Waals surface area contributed by atoms with Gasteiger partial charge in [0.15, 0.2) is 0 Å². The molecule has 0 radical (unpaired) electrons. The second kappa shape index (κ2) is 3.88. The molecule has 15 heavy (non-hydrogen) atoms. The number of hydrogen-bond donors (Lipinski definition) is 1. The number of nitroso groups, excluding NO2 is 1. The van der Waals surface area contributed by atoms with Gasteiger partial charge in [-0.05, 0) is 11.2 Å². The Balaban J connectivity index is 2.66. The molecular weight excluding hydrogens is 192 g/mol. The number of benzene rings is 1. The molecule has 0 fully saturated rings. The maximum absolute atomic E-state index is 11.1. The van der Waals surface area contributed by atoms with Crippen LogP contribution in [0, 0.1) is 4.91 Å². The lowest BCUT2D eigenvalue weighted by Crippen LogP contribution is -2.03. The van der Waals surface area contributed by atoms with Gasteiger partial charge in [0.05, 0.1) is 5.69 Å². The van der Waals surface area contributed by atoms with Gasteiger partial charge in [-0.2, -0.15) is 0 Å². The zero-order valence-corrected chi connectivity index (χ0v) is 7.81. The van der Waals surface area contributed by atoms with E-state index in [1.807, 2.05) is 18.2 Å². The molecule has 0 atom stereocenters. The number of rotatable bonds is 2. The maximum Gasteiger partial charge on any atom is 0.248 e. The lowest BCUT2D eigenvalue weighted by atomic mass is 10.1. The first kappa shape index (κ1) is 9.33. The van der Waals surface area contributed by atoms with Crippen molar-refractivity contribution in [1.82, 2.24) is 4.98 Å². The van der Waals surface area contributed by atoms with E-state index in [1.54, 1.807) is 12.1 Å². The van der Waals surface area contributed by atoms with Crippen LogP contribution in [0.3, 0.4) is 0 Å². The van der Waals surface area contributed by atoms with Crippen molar-refractivity contribution in [2.24, 2.45) is 5.18 Å². The van der Waals surface area contributed by atoms with E-state index in [0.29, 0.717) is 5.69 Å². The van der Waals surface area contributed by atoms with E-state index in [2.05, 4.69) is 10.2 Å². The van der Waals surface area contributed by atoms with Crippen LogP contribution < -0.4 is 5.56 Å². The van der Waals surface area contributed by atoms with Crippen molar-refractivity contribution in [2.75, 3.05) is 0 Å². The topological polar surface area (TPSA) is 62.3 Å². The smallest absolute Gasteiger partial charge is 0.248 e. The SMILES string of the molecule is O=Nc1ccc(=O)[nH]c1-c1ccccc1. The zero-order chi connectivity index (χ0) is 10.7. The number of aromatic amines is 1. The molecule has 0 aliphatic rings. The second-order valence-corrected chi connectivity index (χ2v) is 3.04. The third kappa shape index (κ3) is 1.83. The summed E-state index contributed by atoms with van der Waals surface area (Å²) in [6.07, 6.45) is 0. The summed E-state index contributed by atoms with van der Waals surface area (Å²) in [7, 11) is 0. The summed E-state index contributed by atoms with van der Waals surface area (Å²) in [5.41, 5.74) is 1.21. The summed E-state index contributed by atoms with van der Waals surface area (Å²) < 4.78 is 0. The number of aromatic nitrogens is 1. The summed E-state index contributed by atoms with van der Waals surface area (Å²) in [4.78, 5) is 24.3. The van der Waals surface area contributed by atoms with Gasteiger partial charge in [0.2, 0.25) is 5.56 Å². The third-order valence-electron chi connectivity index (χ3n) is 2.06. The Kier molecular flexibility index (Phi) is 2.41. The molecule has 1 aromatic heterocycles. The van der Waals surface area contributed by atoms with Crippen molar-refractivity contribution in [2.45, 2.75) is 0 Å². The van der Waals surface area contributed by atoms with E-state index in [4.69, 9.17) is 0 Å². The van der Waals surface area contributed by atoms with Gasteiger partial charge in [0.25, 0.3) is 0 Å². The molecule has 1 aromatic carbocycles. The number of hydrogen-bond acceptors (Lipinski definition) is 3. The van der Waals surface area contributed by atoms with Gasteiger partial charge >= 0.3 is 0 Å². The molecule has 1 N–H and O–H groups in total. The number of pyridine rings is 1. The molecule has 0 aliphatic carbocycles. The van der Waals surface area contributed by atoms with Gasteiger partial charge in [0.1, 0.15) is 5.69 Å². The highest BCUT2D eigenvalue weighted by Gasteiger charge is 2.05. The summed E-state index contributed by atoms with van der Waals surface area (Å²) in [6.45, 7) is 0. The summed E-state index contributed by atoms with van der Waals surface area (Å²) in [5.74, 6) is 0. The van der Waals surface area contributed by atoms with Crippen LogP contribution in [0.5, 0.6) is 0 Å². The average Bonchev–Trinajstić information content (AvgIpc) is 2.30. The first-order valence-corrected chi connectivity index (χ1v) is 4.43. The quantitative estimate of drug-likeness (QED) is 0.756. The Bertz CT molecular complexity index is 532. The van der Waals surface area contributed by atoms with E-state index >= 15 is 0 Å². The van der Waals surface area contributed by atoms with Crippen LogP contribution in [0.4, 0.5) is 5.69 Å². The van der Waals surface area contributed by atoms with E-state index in [9.17, 15) is 9.70 Å². The van der Waals surface area contributed by atoms with Crippen LogP contribution in [0.2, 0.25) is 0 Å². The highest BCUT2D eigenvalue weighted by molar-refractivity contribution is 5.71. The highest BCUT2D eigenvalue weighted by atomic mass is 16.3. The van der Waals surface area contributed by atoms with E-state index in [-0.39, 0.29) is 11.2 Å². The Hall–Kier alpha value is -2.23. The van der Waals surface area contributed by atoms with Crippen LogP contribution in [0.15, 0.2) is 52.4 Å². The molecule has 74 valence electrons. The molecule has 4 nitrogen and oxygen atoms in total. The van der Waals surface area contributed by atoms with Crippen molar-refractivity contribution in [3.05, 3.63) is 57.7 Å². The number of nitrogens with one attached hydrogen (secondary N) is 1. The van der Waals surface area contributed by atoms with Crippen molar-refractivity contribution >= 4 is 5.69 Å². The standard InChI is InChI=1S/C11H8N2O2/c14-10-7-6-9(13-15)11(12-10)8-4-2-1-3-5-8/h1-7H,(H,12,14). The minimum Gasteiger partial charge on any atom is -0.320 e. The summed E-state index contributed by atoms with van der Waals surface area (Å²) in [6, 6.07) is 11.8. The normalized spacial score (nSPS) is 9.87. The van der Waals surface area contributed by atoms with E-state index in [1.165, 1.54) is 12.1 Å². The summed E-state index contributed by atoms with van der Waals surface area (Å²) >= 11 is 0. The number of H-pyrrole nitrogens is 1. The molecule has 0 amide bonds.